The molecule has 0 unspecified atom stereocenters. The molecule has 8 aromatic carbocycles. The maximum atomic E-state index is 9.43. The smallest absolute Gasteiger partial charge is 0.134 e. The Kier molecular flexibility index (Phi) is 7.74. The Morgan fingerprint density at radius 1 is 0.370 bits per heavy atom. The quantitative estimate of drug-likeness (QED) is 0.180. The molecule has 0 saturated heterocycles. The lowest BCUT2D eigenvalue weighted by Gasteiger charge is -2.23. The van der Waals surface area contributed by atoms with E-state index < -0.39 is 0 Å². The molecule has 0 atom stereocenters. The van der Waals surface area contributed by atoms with Crippen molar-refractivity contribution in [2.24, 2.45) is 0 Å². The number of hydrogen-bond donors (Lipinski definition) is 0. The summed E-state index contributed by atoms with van der Waals surface area (Å²) in [5.41, 5.74) is 12.0. The molecule has 54 heavy (non-hydrogen) atoms. The molecule has 0 saturated carbocycles. The number of rotatable bonds is 4. The van der Waals surface area contributed by atoms with Crippen LogP contribution in [0.3, 0.4) is 0 Å². The van der Waals surface area contributed by atoms with Gasteiger partial charge < -0.3 is 0 Å². The van der Waals surface area contributed by atoms with E-state index in [0.717, 1.165) is 96.9 Å². The van der Waals surface area contributed by atoms with Crippen molar-refractivity contribution < 1.29 is 0 Å². The second-order valence-corrected chi connectivity index (χ2v) is 15.2. The van der Waals surface area contributed by atoms with E-state index in [-0.39, 0.29) is 0 Å². The molecule has 1 aromatic heterocycles. The summed E-state index contributed by atoms with van der Waals surface area (Å²) in [6.45, 7) is 0. The predicted molar refractivity (Wildman–Crippen MR) is 220 cm³/mol. The highest BCUT2D eigenvalue weighted by atomic mass is 32.2. The highest BCUT2D eigenvalue weighted by Gasteiger charge is 2.25. The fourth-order valence-corrected chi connectivity index (χ4v) is 9.64. The third kappa shape index (κ3) is 5.40. The van der Waals surface area contributed by atoms with Crippen molar-refractivity contribution in [2.75, 3.05) is 0 Å². The first-order valence-electron chi connectivity index (χ1n) is 17.5. The van der Waals surface area contributed by atoms with Crippen LogP contribution in [0.15, 0.2) is 178 Å². The van der Waals surface area contributed by atoms with Gasteiger partial charge in [-0.3, -0.25) is 0 Å². The Morgan fingerprint density at radius 3 is 1.11 bits per heavy atom. The summed E-state index contributed by atoms with van der Waals surface area (Å²) in [7, 11) is 0. The van der Waals surface area contributed by atoms with Crippen LogP contribution in [-0.4, -0.2) is 9.97 Å². The Labute approximate surface area is 320 Å². The van der Waals surface area contributed by atoms with E-state index in [1.165, 1.54) is 0 Å². The van der Waals surface area contributed by atoms with Crippen molar-refractivity contribution in [2.45, 2.75) is 19.8 Å². The van der Waals surface area contributed by atoms with Crippen LogP contribution >= 0.6 is 23.5 Å². The second-order valence-electron chi connectivity index (χ2n) is 13.2. The molecule has 0 amide bonds. The van der Waals surface area contributed by atoms with E-state index in [4.69, 9.17) is 9.97 Å². The van der Waals surface area contributed by atoms with E-state index in [1.807, 2.05) is 72.8 Å². The first-order chi connectivity index (χ1) is 26.6. The minimum atomic E-state index is 0.644. The van der Waals surface area contributed by atoms with Crippen molar-refractivity contribution in [3.05, 3.63) is 169 Å². The zero-order valence-electron chi connectivity index (χ0n) is 28.6. The number of para-hydroxylation sites is 2. The van der Waals surface area contributed by atoms with Gasteiger partial charge in [0.25, 0.3) is 0 Å². The van der Waals surface area contributed by atoms with Gasteiger partial charge in [-0.2, -0.15) is 10.5 Å². The first-order valence-corrected chi connectivity index (χ1v) is 19.1. The Hall–Kier alpha value is -6.70. The summed E-state index contributed by atoms with van der Waals surface area (Å²) in [5.74, 6) is 0. The third-order valence-electron chi connectivity index (χ3n) is 10.1. The van der Waals surface area contributed by atoms with Crippen molar-refractivity contribution in [3.63, 3.8) is 0 Å². The van der Waals surface area contributed by atoms with Crippen LogP contribution in [-0.2, 0) is 0 Å². The van der Waals surface area contributed by atoms with Gasteiger partial charge in [-0.1, -0.05) is 133 Å². The Morgan fingerprint density at radius 2 is 0.722 bits per heavy atom. The number of benzene rings is 8. The highest BCUT2D eigenvalue weighted by molar-refractivity contribution is 8.05. The fraction of sp³-hybridized carbons (Fsp3) is 0. The molecule has 0 bridgehead atoms. The van der Waals surface area contributed by atoms with Gasteiger partial charge in [-0.05, 0) is 115 Å². The maximum Gasteiger partial charge on any atom is 0.134 e. The minimum absolute atomic E-state index is 0.644. The average molecular weight is 723 g/mol. The fourth-order valence-electron chi connectivity index (χ4n) is 7.49. The van der Waals surface area contributed by atoms with Gasteiger partial charge in [0.15, 0.2) is 0 Å². The number of hydrogen-bond acceptors (Lipinski definition) is 6. The summed E-state index contributed by atoms with van der Waals surface area (Å²) < 4.78 is 0. The molecular formula is C48H26N4S2. The van der Waals surface area contributed by atoms with Crippen LogP contribution < -0.4 is 0 Å². The molecule has 0 N–H and O–H groups in total. The molecule has 1 aliphatic rings. The maximum absolute atomic E-state index is 9.43. The minimum Gasteiger partial charge on any atom is -0.237 e. The lowest BCUT2D eigenvalue weighted by Crippen LogP contribution is -1.99. The first kappa shape index (κ1) is 32.0. The van der Waals surface area contributed by atoms with Gasteiger partial charge in [-0.25, -0.2) is 9.97 Å². The monoisotopic (exact) mass is 722 g/mol. The van der Waals surface area contributed by atoms with Crippen molar-refractivity contribution in [1.29, 1.82) is 10.5 Å². The van der Waals surface area contributed by atoms with Gasteiger partial charge in [0.1, 0.15) is 10.1 Å². The van der Waals surface area contributed by atoms with Gasteiger partial charge in [0.2, 0.25) is 0 Å². The van der Waals surface area contributed by atoms with Crippen LogP contribution in [0.25, 0.3) is 77.1 Å². The highest BCUT2D eigenvalue weighted by Crippen LogP contribution is 2.52. The summed E-state index contributed by atoms with van der Waals surface area (Å²) in [4.78, 5) is 12.4. The largest absolute Gasteiger partial charge is 0.237 e. The van der Waals surface area contributed by atoms with Crippen LogP contribution in [0.2, 0.25) is 0 Å². The topological polar surface area (TPSA) is 73.4 Å². The number of aromatic nitrogens is 2. The number of nitriles is 2. The third-order valence-corrected chi connectivity index (χ3v) is 12.4. The molecule has 6 heteroatoms. The van der Waals surface area contributed by atoms with Gasteiger partial charge in [-0.15, -0.1) is 0 Å². The van der Waals surface area contributed by atoms with Crippen molar-refractivity contribution in [3.8, 4) is 56.6 Å². The number of nitrogens with zero attached hydrogens (tertiary/aromatic N) is 4. The standard InChI is InChI=1S/C48H26N4S2/c49-27-29-13-17-31(18-14-29)33-21-23-39(37-9-3-1-7-35(33)37)41-25-45-46(54-48-47(53-45)51-43-11-5-6-12-44(43)52-48)26-42(41)40-24-22-34(36-8-2-4-10-38(36)40)32-19-15-30(28-50)16-20-32/h1-26H. The molecule has 4 nitrogen and oxygen atoms in total. The average Bonchev–Trinajstić information content (AvgIpc) is 3.24. The van der Waals surface area contributed by atoms with Gasteiger partial charge in [0.05, 0.1) is 34.3 Å². The van der Waals surface area contributed by atoms with Crippen LogP contribution in [0.1, 0.15) is 11.1 Å². The molecule has 2 heterocycles. The molecule has 10 rings (SSSR count). The van der Waals surface area contributed by atoms with E-state index in [1.54, 1.807) is 23.5 Å². The van der Waals surface area contributed by atoms with Crippen LogP contribution in [0, 0.1) is 22.7 Å². The molecule has 250 valence electrons. The SMILES string of the molecule is N#Cc1ccc(-c2ccc(-c3cc4c(cc3-c3ccc(-c5ccc(C#N)cc5)c5ccccc35)Sc3nc5ccccc5nc3S4)c3ccccc23)cc1. The normalized spacial score (nSPS) is 11.9. The van der Waals surface area contributed by atoms with Crippen molar-refractivity contribution in [1.82, 2.24) is 9.97 Å². The van der Waals surface area contributed by atoms with Gasteiger partial charge in [0, 0.05) is 9.79 Å². The molecule has 0 spiro atoms. The van der Waals surface area contributed by atoms with E-state index >= 15 is 0 Å². The molecule has 0 aliphatic carbocycles. The van der Waals surface area contributed by atoms with Crippen LogP contribution in [0.5, 0.6) is 0 Å². The zero-order valence-corrected chi connectivity index (χ0v) is 30.2. The van der Waals surface area contributed by atoms with Crippen LogP contribution in [0.4, 0.5) is 0 Å². The zero-order chi connectivity index (χ0) is 36.2. The molecule has 0 radical (unpaired) electrons. The molecule has 1 aliphatic heterocycles. The summed E-state index contributed by atoms with van der Waals surface area (Å²) in [5, 5.41) is 25.3. The lowest BCUT2D eigenvalue weighted by atomic mass is 9.86. The number of fused-ring (bicyclic) bond motifs is 5. The molecule has 9 aromatic rings. The Bertz CT molecular complexity index is 2860. The summed E-state index contributed by atoms with van der Waals surface area (Å²) in [6.07, 6.45) is 0. The van der Waals surface area contributed by atoms with Gasteiger partial charge >= 0.3 is 0 Å². The Balaban J connectivity index is 1.21. The lowest BCUT2D eigenvalue weighted by molar-refractivity contribution is 0.953. The van der Waals surface area contributed by atoms with E-state index in [2.05, 4.69) is 97.1 Å². The molecular weight excluding hydrogens is 697 g/mol. The van der Waals surface area contributed by atoms with Crippen molar-refractivity contribution >= 4 is 56.1 Å². The summed E-state index contributed by atoms with van der Waals surface area (Å²) in [6, 6.07) is 59.0. The predicted octanol–water partition coefficient (Wildman–Crippen LogP) is 13.0. The van der Waals surface area contributed by atoms with E-state index in [0.29, 0.717) is 11.1 Å². The summed E-state index contributed by atoms with van der Waals surface area (Å²) >= 11 is 3.36. The molecule has 0 fully saturated rings. The van der Waals surface area contributed by atoms with E-state index in [9.17, 15) is 10.5 Å². The second kappa shape index (κ2) is 13.1.